The van der Waals surface area contributed by atoms with Gasteiger partial charge in [-0.2, -0.15) is 0 Å². The Morgan fingerprint density at radius 2 is 1.86 bits per heavy atom. The average molecular weight is 420 g/mol. The molecule has 0 bridgehead atoms. The first-order valence-corrected chi connectivity index (χ1v) is 9.69. The lowest BCUT2D eigenvalue weighted by atomic mass is 9.93. The summed E-state index contributed by atoms with van der Waals surface area (Å²) in [4.78, 5) is 17.4. The third-order valence-electron chi connectivity index (χ3n) is 4.75. The Kier molecular flexibility index (Phi) is 5.34. The lowest BCUT2D eigenvalue weighted by molar-refractivity contribution is 0.126. The van der Waals surface area contributed by atoms with E-state index < -0.39 is 0 Å². The van der Waals surface area contributed by atoms with E-state index in [4.69, 9.17) is 28.9 Å². The summed E-state index contributed by atoms with van der Waals surface area (Å²) in [5.41, 5.74) is 8.09. The first-order valence-electron chi connectivity index (χ1n) is 8.93. The number of nitrogens with two attached hydrogens (primary N) is 1. The van der Waals surface area contributed by atoms with E-state index in [0.29, 0.717) is 44.2 Å². The van der Waals surface area contributed by atoms with Crippen molar-refractivity contribution in [3.8, 4) is 0 Å². The molecule has 0 saturated heterocycles. The quantitative estimate of drug-likeness (QED) is 0.471. The molecule has 1 aliphatic carbocycles. The van der Waals surface area contributed by atoms with Gasteiger partial charge < -0.3 is 21.5 Å². The molecule has 2 heterocycles. The first kappa shape index (κ1) is 18.9. The van der Waals surface area contributed by atoms with E-state index >= 15 is 0 Å². The molecule has 146 valence electrons. The number of aliphatic hydroxyl groups excluding tert-OH is 1. The minimum Gasteiger partial charge on any atom is -0.396 e. The van der Waals surface area contributed by atoms with Gasteiger partial charge in [-0.25, -0.2) is 19.9 Å². The van der Waals surface area contributed by atoms with Crippen molar-refractivity contribution in [1.29, 1.82) is 0 Å². The second-order valence-corrected chi connectivity index (χ2v) is 7.62. The van der Waals surface area contributed by atoms with Gasteiger partial charge in [0.2, 0.25) is 5.95 Å². The first-order chi connectivity index (χ1) is 13.5. The van der Waals surface area contributed by atoms with Crippen molar-refractivity contribution in [2.75, 3.05) is 16.4 Å². The average Bonchev–Trinajstić information content (AvgIpc) is 2.68. The van der Waals surface area contributed by atoms with Crippen LogP contribution in [0.15, 0.2) is 24.7 Å². The number of rotatable bonds is 4. The number of hydrogen-bond acceptors (Lipinski definition) is 8. The van der Waals surface area contributed by atoms with Gasteiger partial charge in [0.1, 0.15) is 17.4 Å². The molecule has 10 heteroatoms. The van der Waals surface area contributed by atoms with Gasteiger partial charge in [0.15, 0.2) is 5.82 Å². The maximum absolute atomic E-state index is 9.66. The molecule has 2 aromatic heterocycles. The summed E-state index contributed by atoms with van der Waals surface area (Å²) in [5, 5.41) is 16.9. The van der Waals surface area contributed by atoms with Crippen LogP contribution in [-0.2, 0) is 0 Å². The summed E-state index contributed by atoms with van der Waals surface area (Å²) >= 11 is 12.2. The second-order valence-electron chi connectivity index (χ2n) is 6.77. The zero-order valence-corrected chi connectivity index (χ0v) is 16.4. The Bertz CT molecular complexity index is 1010. The van der Waals surface area contributed by atoms with Crippen molar-refractivity contribution >= 4 is 57.4 Å². The molecule has 0 amide bonds. The molecule has 0 atom stereocenters. The van der Waals surface area contributed by atoms with Crippen LogP contribution in [0.3, 0.4) is 0 Å². The second kappa shape index (κ2) is 7.90. The molecule has 1 saturated carbocycles. The maximum Gasteiger partial charge on any atom is 0.223 e. The van der Waals surface area contributed by atoms with Crippen molar-refractivity contribution in [2.45, 2.75) is 37.8 Å². The number of nitrogen functional groups attached to an aromatic ring is 1. The summed E-state index contributed by atoms with van der Waals surface area (Å²) < 4.78 is 0. The van der Waals surface area contributed by atoms with Crippen molar-refractivity contribution < 1.29 is 5.11 Å². The van der Waals surface area contributed by atoms with Gasteiger partial charge in [0.05, 0.1) is 28.7 Å². The number of anilines is 4. The fraction of sp³-hybridized carbons (Fsp3) is 0.333. The van der Waals surface area contributed by atoms with Crippen LogP contribution >= 0.6 is 23.2 Å². The van der Waals surface area contributed by atoms with Crippen LogP contribution in [0.2, 0.25) is 10.0 Å². The predicted molar refractivity (Wildman–Crippen MR) is 111 cm³/mol. The number of nitrogens with one attached hydrogen (secondary N) is 2. The van der Waals surface area contributed by atoms with Gasteiger partial charge in [0, 0.05) is 11.1 Å². The number of aliphatic hydroxyl groups is 1. The standard InChI is InChI=1S/C18H19Cl2N7O/c19-9-5-12(20)15(21)13(6-9)26-17-16-14(23-8-24-17)7-22-18(27-16)25-10-1-3-11(28)4-2-10/h5-8,10-11,28H,1-4,21H2,(H,22,25,27)(H,23,24,26). The van der Waals surface area contributed by atoms with Crippen molar-refractivity contribution in [3.63, 3.8) is 0 Å². The zero-order valence-electron chi connectivity index (χ0n) is 14.9. The molecule has 5 N–H and O–H groups in total. The third-order valence-corrected chi connectivity index (χ3v) is 5.29. The molecule has 1 aromatic carbocycles. The Balaban J connectivity index is 1.64. The highest BCUT2D eigenvalue weighted by Gasteiger charge is 2.20. The monoisotopic (exact) mass is 419 g/mol. The van der Waals surface area contributed by atoms with E-state index in [9.17, 15) is 5.11 Å². The van der Waals surface area contributed by atoms with E-state index in [1.807, 2.05) is 0 Å². The van der Waals surface area contributed by atoms with Crippen molar-refractivity contribution in [2.24, 2.45) is 0 Å². The fourth-order valence-electron chi connectivity index (χ4n) is 3.23. The van der Waals surface area contributed by atoms with Crippen molar-refractivity contribution in [1.82, 2.24) is 19.9 Å². The van der Waals surface area contributed by atoms with Crippen LogP contribution in [0.1, 0.15) is 25.7 Å². The van der Waals surface area contributed by atoms with E-state index in [1.165, 1.54) is 6.33 Å². The van der Waals surface area contributed by atoms with Crippen molar-refractivity contribution in [3.05, 3.63) is 34.7 Å². The molecule has 28 heavy (non-hydrogen) atoms. The number of nitrogens with zero attached hydrogens (tertiary/aromatic N) is 4. The normalized spacial score (nSPS) is 19.5. The van der Waals surface area contributed by atoms with E-state index in [2.05, 4.69) is 30.6 Å². The van der Waals surface area contributed by atoms with E-state index in [-0.39, 0.29) is 12.1 Å². The number of fused-ring (bicyclic) bond motifs is 1. The third kappa shape index (κ3) is 4.04. The maximum atomic E-state index is 9.66. The summed E-state index contributed by atoms with van der Waals surface area (Å²) in [6, 6.07) is 3.47. The molecule has 0 radical (unpaired) electrons. The SMILES string of the molecule is Nc1c(Cl)cc(Cl)cc1Nc1ncnc2cnc(NC3CCC(O)CC3)nc12. The summed E-state index contributed by atoms with van der Waals surface area (Å²) in [5.74, 6) is 0.961. The largest absolute Gasteiger partial charge is 0.396 e. The van der Waals surface area contributed by atoms with Crippen LogP contribution in [0, 0.1) is 0 Å². The van der Waals surface area contributed by atoms with Crippen LogP contribution in [0.25, 0.3) is 11.0 Å². The fourth-order valence-corrected chi connectivity index (χ4v) is 3.73. The van der Waals surface area contributed by atoms with Gasteiger partial charge in [-0.3, -0.25) is 0 Å². The number of benzene rings is 1. The molecule has 4 rings (SSSR count). The molecule has 0 aliphatic heterocycles. The molecular formula is C18H19Cl2N7O. The molecular weight excluding hydrogens is 401 g/mol. The van der Waals surface area contributed by atoms with E-state index in [0.717, 1.165) is 25.7 Å². The molecule has 0 unspecified atom stereocenters. The molecule has 8 nitrogen and oxygen atoms in total. The van der Waals surface area contributed by atoms with Crippen LogP contribution in [0.5, 0.6) is 0 Å². The van der Waals surface area contributed by atoms with Crippen LogP contribution in [0.4, 0.5) is 23.1 Å². The smallest absolute Gasteiger partial charge is 0.223 e. The number of aromatic nitrogens is 4. The minimum atomic E-state index is -0.213. The van der Waals surface area contributed by atoms with Gasteiger partial charge in [-0.15, -0.1) is 0 Å². The van der Waals surface area contributed by atoms with Gasteiger partial charge >= 0.3 is 0 Å². The Labute approximate surface area is 171 Å². The summed E-state index contributed by atoms with van der Waals surface area (Å²) in [6.45, 7) is 0. The van der Waals surface area contributed by atoms with Crippen LogP contribution < -0.4 is 16.4 Å². The Morgan fingerprint density at radius 1 is 1.07 bits per heavy atom. The lowest BCUT2D eigenvalue weighted by Crippen LogP contribution is -2.28. The Morgan fingerprint density at radius 3 is 2.64 bits per heavy atom. The molecule has 1 fully saturated rings. The minimum absolute atomic E-state index is 0.213. The molecule has 1 aliphatic rings. The summed E-state index contributed by atoms with van der Waals surface area (Å²) in [7, 11) is 0. The highest BCUT2D eigenvalue weighted by Crippen LogP contribution is 2.34. The molecule has 3 aromatic rings. The topological polar surface area (TPSA) is 122 Å². The van der Waals surface area contributed by atoms with E-state index in [1.54, 1.807) is 18.3 Å². The molecule has 0 spiro atoms. The highest BCUT2D eigenvalue weighted by atomic mass is 35.5. The zero-order chi connectivity index (χ0) is 19.7. The highest BCUT2D eigenvalue weighted by molar-refractivity contribution is 6.37. The van der Waals surface area contributed by atoms with Crippen LogP contribution in [-0.4, -0.2) is 37.2 Å². The lowest BCUT2D eigenvalue weighted by Gasteiger charge is -2.26. The van der Waals surface area contributed by atoms with Gasteiger partial charge in [-0.05, 0) is 37.8 Å². The van der Waals surface area contributed by atoms with Gasteiger partial charge in [-0.1, -0.05) is 23.2 Å². The number of hydrogen-bond donors (Lipinski definition) is 4. The van der Waals surface area contributed by atoms with Gasteiger partial charge in [0.25, 0.3) is 0 Å². The number of halogens is 2. The Hall–Kier alpha value is -2.42. The predicted octanol–water partition coefficient (Wildman–Crippen LogP) is 3.77. The summed E-state index contributed by atoms with van der Waals surface area (Å²) in [6.07, 6.45) is 6.14.